The average molecular weight is 276 g/mol. The fourth-order valence-electron chi connectivity index (χ4n) is 3.21. The minimum absolute atomic E-state index is 0.135. The van der Waals surface area contributed by atoms with Gasteiger partial charge in [-0.1, -0.05) is 25.0 Å². The first-order valence-corrected chi connectivity index (χ1v) is 7.66. The number of ether oxygens (including phenoxy) is 1. The first-order chi connectivity index (χ1) is 9.72. The summed E-state index contributed by atoms with van der Waals surface area (Å²) in [4.78, 5) is 0. The lowest BCUT2D eigenvalue weighted by Gasteiger charge is -2.27. The van der Waals surface area contributed by atoms with E-state index in [-0.39, 0.29) is 5.82 Å². The molecule has 0 atom stereocenters. The van der Waals surface area contributed by atoms with Crippen molar-refractivity contribution in [1.82, 2.24) is 0 Å². The van der Waals surface area contributed by atoms with E-state index < -0.39 is 0 Å². The summed E-state index contributed by atoms with van der Waals surface area (Å²) in [5.41, 5.74) is 0.819. The quantitative estimate of drug-likeness (QED) is 0.653. The summed E-state index contributed by atoms with van der Waals surface area (Å²) in [7, 11) is 1.57. The predicted molar refractivity (Wildman–Crippen MR) is 81.5 cm³/mol. The lowest BCUT2D eigenvalue weighted by molar-refractivity contribution is 0.264. The Bertz CT molecular complexity index is 433. The molecule has 1 aliphatic rings. The molecule has 2 heteroatoms. The van der Waals surface area contributed by atoms with Gasteiger partial charge in [0.25, 0.3) is 0 Å². The third-order valence-electron chi connectivity index (χ3n) is 4.55. The van der Waals surface area contributed by atoms with Crippen LogP contribution in [0.3, 0.4) is 0 Å². The Hall–Kier alpha value is -1.31. The second kappa shape index (κ2) is 7.47. The van der Waals surface area contributed by atoms with Gasteiger partial charge in [-0.2, -0.15) is 0 Å². The largest absolute Gasteiger partial charge is 0.497 e. The molecule has 1 nitrogen and oxygen atoms in total. The van der Waals surface area contributed by atoms with Gasteiger partial charge in [0.1, 0.15) is 11.6 Å². The first kappa shape index (κ1) is 15.1. The summed E-state index contributed by atoms with van der Waals surface area (Å²) in [6, 6.07) is 5.19. The highest BCUT2D eigenvalue weighted by Crippen LogP contribution is 2.33. The lowest BCUT2D eigenvalue weighted by atomic mass is 9.78. The lowest BCUT2D eigenvalue weighted by Crippen LogP contribution is -2.14. The third kappa shape index (κ3) is 4.09. The van der Waals surface area contributed by atoms with Crippen LogP contribution in [0.5, 0.6) is 5.75 Å². The molecule has 1 fully saturated rings. The Balaban J connectivity index is 1.80. The Morgan fingerprint density at radius 1 is 1.25 bits per heavy atom. The molecular formula is C18H25FO. The number of allylic oxidation sites excluding steroid dienone is 1. The van der Waals surface area contributed by atoms with E-state index in [1.807, 2.05) is 18.2 Å². The molecule has 0 aliphatic heterocycles. The van der Waals surface area contributed by atoms with Gasteiger partial charge in [-0.3, -0.25) is 0 Å². The monoisotopic (exact) mass is 276 g/mol. The van der Waals surface area contributed by atoms with E-state index in [1.54, 1.807) is 7.11 Å². The van der Waals surface area contributed by atoms with Gasteiger partial charge in [-0.25, -0.2) is 4.39 Å². The molecule has 0 amide bonds. The average Bonchev–Trinajstić information content (AvgIpc) is 2.48. The van der Waals surface area contributed by atoms with Crippen molar-refractivity contribution in [1.29, 1.82) is 0 Å². The van der Waals surface area contributed by atoms with Gasteiger partial charge in [-0.05, 0) is 55.6 Å². The highest BCUT2D eigenvalue weighted by molar-refractivity contribution is 5.28. The molecule has 0 spiro atoms. The molecule has 0 aromatic heterocycles. The van der Waals surface area contributed by atoms with E-state index >= 15 is 0 Å². The molecule has 20 heavy (non-hydrogen) atoms. The minimum Gasteiger partial charge on any atom is -0.497 e. The number of benzene rings is 1. The van der Waals surface area contributed by atoms with Gasteiger partial charge >= 0.3 is 0 Å². The zero-order valence-electron chi connectivity index (χ0n) is 12.4. The molecule has 0 saturated heterocycles. The van der Waals surface area contributed by atoms with Crippen LogP contribution < -0.4 is 4.74 Å². The van der Waals surface area contributed by atoms with Gasteiger partial charge in [-0.15, -0.1) is 6.58 Å². The zero-order chi connectivity index (χ0) is 14.4. The maximum Gasteiger partial charge on any atom is 0.130 e. The summed E-state index contributed by atoms with van der Waals surface area (Å²) in [6.07, 6.45) is 10.3. The number of halogens is 1. The smallest absolute Gasteiger partial charge is 0.130 e. The van der Waals surface area contributed by atoms with Crippen molar-refractivity contribution in [2.75, 3.05) is 7.11 Å². The van der Waals surface area contributed by atoms with E-state index in [4.69, 9.17) is 4.74 Å². The van der Waals surface area contributed by atoms with Crippen LogP contribution in [0.2, 0.25) is 0 Å². The van der Waals surface area contributed by atoms with Crippen molar-refractivity contribution in [2.45, 2.75) is 44.9 Å². The molecule has 110 valence electrons. The first-order valence-electron chi connectivity index (χ1n) is 7.66. The van der Waals surface area contributed by atoms with Gasteiger partial charge in [0.15, 0.2) is 0 Å². The van der Waals surface area contributed by atoms with Crippen LogP contribution in [0, 0.1) is 17.7 Å². The van der Waals surface area contributed by atoms with Crippen LogP contribution in [0.25, 0.3) is 0 Å². The summed E-state index contributed by atoms with van der Waals surface area (Å²) in [5, 5.41) is 0. The standard InChI is InChI=1S/C18H25FO/c1-3-4-14-5-7-15(8-6-14)9-10-16-11-12-17(20-2)13-18(16)19/h3,11-15H,1,4-10H2,2H3. The van der Waals surface area contributed by atoms with Crippen molar-refractivity contribution in [3.8, 4) is 5.75 Å². The van der Waals surface area contributed by atoms with Gasteiger partial charge in [0.05, 0.1) is 7.11 Å². The van der Waals surface area contributed by atoms with E-state index in [9.17, 15) is 4.39 Å². The maximum absolute atomic E-state index is 13.9. The Kier molecular flexibility index (Phi) is 5.63. The maximum atomic E-state index is 13.9. The van der Waals surface area contributed by atoms with Crippen molar-refractivity contribution in [3.05, 3.63) is 42.2 Å². The van der Waals surface area contributed by atoms with Crippen LogP contribution in [-0.4, -0.2) is 7.11 Å². The molecule has 1 aliphatic carbocycles. The van der Waals surface area contributed by atoms with E-state index in [0.717, 1.165) is 36.7 Å². The van der Waals surface area contributed by atoms with Crippen LogP contribution in [0.4, 0.5) is 4.39 Å². The number of rotatable bonds is 6. The van der Waals surface area contributed by atoms with Gasteiger partial charge in [0.2, 0.25) is 0 Å². The van der Waals surface area contributed by atoms with Crippen molar-refractivity contribution < 1.29 is 9.13 Å². The molecule has 0 unspecified atom stereocenters. The summed E-state index contributed by atoms with van der Waals surface area (Å²) >= 11 is 0. The highest BCUT2D eigenvalue weighted by Gasteiger charge is 2.20. The van der Waals surface area contributed by atoms with Crippen LogP contribution in [-0.2, 0) is 6.42 Å². The second-order valence-electron chi connectivity index (χ2n) is 5.91. The van der Waals surface area contributed by atoms with Crippen molar-refractivity contribution in [3.63, 3.8) is 0 Å². The number of aryl methyl sites for hydroxylation is 1. The molecule has 1 aromatic rings. The molecule has 1 aromatic carbocycles. The fraction of sp³-hybridized carbons (Fsp3) is 0.556. The SMILES string of the molecule is C=CCC1CCC(CCc2ccc(OC)cc2F)CC1. The number of hydrogen-bond donors (Lipinski definition) is 0. The number of hydrogen-bond acceptors (Lipinski definition) is 1. The van der Waals surface area contributed by atoms with Crippen molar-refractivity contribution >= 4 is 0 Å². The minimum atomic E-state index is -0.135. The second-order valence-corrected chi connectivity index (χ2v) is 5.91. The summed E-state index contributed by atoms with van der Waals surface area (Å²) in [5.74, 6) is 2.06. The van der Waals surface area contributed by atoms with E-state index in [2.05, 4.69) is 6.58 Å². The summed E-state index contributed by atoms with van der Waals surface area (Å²) < 4.78 is 18.9. The van der Waals surface area contributed by atoms with Crippen LogP contribution in [0.15, 0.2) is 30.9 Å². The molecule has 0 bridgehead atoms. The van der Waals surface area contributed by atoms with Gasteiger partial charge < -0.3 is 4.74 Å². The molecule has 0 heterocycles. The van der Waals surface area contributed by atoms with E-state index in [1.165, 1.54) is 31.7 Å². The van der Waals surface area contributed by atoms with Crippen molar-refractivity contribution in [2.24, 2.45) is 11.8 Å². The topological polar surface area (TPSA) is 9.23 Å². The van der Waals surface area contributed by atoms with Crippen LogP contribution in [0.1, 0.15) is 44.1 Å². The molecular weight excluding hydrogens is 251 g/mol. The third-order valence-corrected chi connectivity index (χ3v) is 4.55. The fourth-order valence-corrected chi connectivity index (χ4v) is 3.21. The molecule has 1 saturated carbocycles. The normalized spacial score (nSPS) is 22.5. The molecule has 2 rings (SSSR count). The van der Waals surface area contributed by atoms with Crippen LogP contribution >= 0.6 is 0 Å². The molecule has 0 radical (unpaired) electrons. The predicted octanol–water partition coefficient (Wildman–Crippen LogP) is 5.15. The Morgan fingerprint density at radius 2 is 1.95 bits per heavy atom. The molecule has 0 N–H and O–H groups in total. The van der Waals surface area contributed by atoms with Gasteiger partial charge in [0, 0.05) is 6.07 Å². The Labute approximate surface area is 121 Å². The summed E-state index contributed by atoms with van der Waals surface area (Å²) in [6.45, 7) is 3.82. The zero-order valence-corrected chi connectivity index (χ0v) is 12.4. The highest BCUT2D eigenvalue weighted by atomic mass is 19.1. The number of methoxy groups -OCH3 is 1. The Morgan fingerprint density at radius 3 is 2.55 bits per heavy atom. The van der Waals surface area contributed by atoms with E-state index in [0.29, 0.717) is 5.75 Å².